The van der Waals surface area contributed by atoms with Crippen molar-refractivity contribution < 1.29 is 27.1 Å². The fourth-order valence-corrected chi connectivity index (χ4v) is 1.98. The van der Waals surface area contributed by atoms with Gasteiger partial charge < -0.3 is 4.74 Å². The SMILES string of the molecule is O=C(COc1cc(Br)cc(F)c1F)c1ccc(F)cc1F. The number of halogens is 5. The number of hydrogen-bond acceptors (Lipinski definition) is 2. The molecular formula is C14H7BrF4O2. The van der Waals surface area contributed by atoms with Crippen LogP contribution in [0.4, 0.5) is 17.6 Å². The molecule has 2 aromatic carbocycles. The van der Waals surface area contributed by atoms with Crippen LogP contribution in [0.2, 0.25) is 0 Å². The monoisotopic (exact) mass is 362 g/mol. The quantitative estimate of drug-likeness (QED) is 0.461. The minimum absolute atomic E-state index is 0.219. The van der Waals surface area contributed by atoms with Gasteiger partial charge in [-0.2, -0.15) is 4.39 Å². The lowest BCUT2D eigenvalue weighted by Gasteiger charge is -2.08. The second-order valence-corrected chi connectivity index (χ2v) is 4.95. The van der Waals surface area contributed by atoms with Gasteiger partial charge in [0, 0.05) is 10.5 Å². The molecule has 0 radical (unpaired) electrons. The smallest absolute Gasteiger partial charge is 0.203 e. The van der Waals surface area contributed by atoms with Gasteiger partial charge in [-0.1, -0.05) is 15.9 Å². The van der Waals surface area contributed by atoms with Crippen LogP contribution in [0, 0.1) is 23.3 Å². The van der Waals surface area contributed by atoms with Gasteiger partial charge in [0.1, 0.15) is 11.6 Å². The number of ketones is 1. The highest BCUT2D eigenvalue weighted by Crippen LogP contribution is 2.25. The lowest BCUT2D eigenvalue weighted by molar-refractivity contribution is 0.0914. The Bertz CT molecular complexity index is 704. The van der Waals surface area contributed by atoms with Gasteiger partial charge >= 0.3 is 0 Å². The van der Waals surface area contributed by atoms with Gasteiger partial charge in [-0.25, -0.2) is 13.2 Å². The minimum atomic E-state index is -1.26. The Labute approximate surface area is 125 Å². The summed E-state index contributed by atoms with van der Waals surface area (Å²) in [6.07, 6.45) is 0. The zero-order chi connectivity index (χ0) is 15.6. The second kappa shape index (κ2) is 6.26. The first kappa shape index (κ1) is 15.5. The predicted octanol–water partition coefficient (Wildman–Crippen LogP) is 4.27. The zero-order valence-electron chi connectivity index (χ0n) is 10.3. The van der Waals surface area contributed by atoms with Crippen LogP contribution in [0.5, 0.6) is 5.75 Å². The zero-order valence-corrected chi connectivity index (χ0v) is 11.9. The Morgan fingerprint density at radius 3 is 2.43 bits per heavy atom. The van der Waals surface area contributed by atoms with Crippen LogP contribution >= 0.6 is 15.9 Å². The van der Waals surface area contributed by atoms with Gasteiger partial charge in [-0.05, 0) is 24.3 Å². The van der Waals surface area contributed by atoms with Crippen molar-refractivity contribution in [2.45, 2.75) is 0 Å². The van der Waals surface area contributed by atoms with Crippen molar-refractivity contribution in [3.05, 3.63) is 63.6 Å². The molecule has 2 aromatic rings. The molecule has 7 heteroatoms. The molecule has 21 heavy (non-hydrogen) atoms. The number of hydrogen-bond donors (Lipinski definition) is 0. The Hall–Kier alpha value is -1.89. The third-order valence-electron chi connectivity index (χ3n) is 2.55. The lowest BCUT2D eigenvalue weighted by atomic mass is 10.1. The Morgan fingerprint density at radius 1 is 1.05 bits per heavy atom. The van der Waals surface area contributed by atoms with Crippen molar-refractivity contribution in [1.82, 2.24) is 0 Å². The fraction of sp³-hybridized carbons (Fsp3) is 0.0714. The molecule has 0 amide bonds. The van der Waals surface area contributed by atoms with Crippen LogP contribution in [0.25, 0.3) is 0 Å². The van der Waals surface area contributed by atoms with Crippen molar-refractivity contribution >= 4 is 21.7 Å². The number of benzene rings is 2. The van der Waals surface area contributed by atoms with Gasteiger partial charge in [-0.3, -0.25) is 4.79 Å². The fourth-order valence-electron chi connectivity index (χ4n) is 1.57. The topological polar surface area (TPSA) is 26.3 Å². The molecule has 110 valence electrons. The van der Waals surface area contributed by atoms with Gasteiger partial charge in [0.15, 0.2) is 18.2 Å². The summed E-state index contributed by atoms with van der Waals surface area (Å²) in [6, 6.07) is 4.44. The van der Waals surface area contributed by atoms with Crippen molar-refractivity contribution in [3.63, 3.8) is 0 Å². The van der Waals surface area contributed by atoms with E-state index in [9.17, 15) is 22.4 Å². The Kier molecular flexibility index (Phi) is 4.62. The highest BCUT2D eigenvalue weighted by Gasteiger charge is 2.16. The van der Waals surface area contributed by atoms with Crippen LogP contribution in [-0.4, -0.2) is 12.4 Å². The first-order valence-electron chi connectivity index (χ1n) is 5.64. The summed E-state index contributed by atoms with van der Waals surface area (Å²) in [5.41, 5.74) is -0.396. The summed E-state index contributed by atoms with van der Waals surface area (Å²) in [5.74, 6) is -5.61. The summed E-state index contributed by atoms with van der Waals surface area (Å²) in [5, 5.41) is 0. The molecule has 0 aliphatic heterocycles. The highest BCUT2D eigenvalue weighted by atomic mass is 79.9. The maximum atomic E-state index is 13.4. The maximum Gasteiger partial charge on any atom is 0.203 e. The maximum absolute atomic E-state index is 13.4. The molecule has 0 atom stereocenters. The molecule has 2 nitrogen and oxygen atoms in total. The number of Topliss-reactive ketones (excluding diaryl/α,β-unsaturated/α-hetero) is 1. The lowest BCUT2D eigenvalue weighted by Crippen LogP contribution is -2.14. The Morgan fingerprint density at radius 2 is 1.76 bits per heavy atom. The van der Waals surface area contributed by atoms with Crippen LogP contribution in [0.15, 0.2) is 34.8 Å². The van der Waals surface area contributed by atoms with Gasteiger partial charge in [0.25, 0.3) is 0 Å². The van der Waals surface area contributed by atoms with E-state index in [1.165, 1.54) is 0 Å². The van der Waals surface area contributed by atoms with E-state index >= 15 is 0 Å². The molecule has 0 spiro atoms. The summed E-state index contributed by atoms with van der Waals surface area (Å²) in [4.78, 5) is 11.7. The molecule has 0 bridgehead atoms. The highest BCUT2D eigenvalue weighted by molar-refractivity contribution is 9.10. The van der Waals surface area contributed by atoms with Gasteiger partial charge in [0.05, 0.1) is 5.56 Å². The predicted molar refractivity (Wildman–Crippen MR) is 70.2 cm³/mol. The molecule has 0 saturated heterocycles. The molecule has 0 aliphatic carbocycles. The molecule has 2 rings (SSSR count). The number of ether oxygens (including phenoxy) is 1. The third kappa shape index (κ3) is 3.60. The molecule has 0 fully saturated rings. The number of carbonyl (C=O) groups excluding carboxylic acids is 1. The van der Waals surface area contributed by atoms with Crippen LogP contribution < -0.4 is 4.74 Å². The molecule has 0 aliphatic rings. The summed E-state index contributed by atoms with van der Waals surface area (Å²) < 4.78 is 57.7. The molecule has 0 heterocycles. The van der Waals surface area contributed by atoms with E-state index in [2.05, 4.69) is 15.9 Å². The number of rotatable bonds is 4. The van der Waals surface area contributed by atoms with E-state index in [1.54, 1.807) is 0 Å². The van der Waals surface area contributed by atoms with Crippen LogP contribution in [0.3, 0.4) is 0 Å². The van der Waals surface area contributed by atoms with Crippen LogP contribution in [0.1, 0.15) is 10.4 Å². The largest absolute Gasteiger partial charge is 0.482 e. The molecule has 0 aromatic heterocycles. The van der Waals surface area contributed by atoms with E-state index in [0.29, 0.717) is 6.07 Å². The molecular weight excluding hydrogens is 356 g/mol. The van der Waals surface area contributed by atoms with E-state index in [-0.39, 0.29) is 4.47 Å². The minimum Gasteiger partial charge on any atom is -0.482 e. The Balaban J connectivity index is 2.15. The van der Waals surface area contributed by atoms with Crippen molar-refractivity contribution in [2.75, 3.05) is 6.61 Å². The van der Waals surface area contributed by atoms with E-state index in [0.717, 1.165) is 24.3 Å². The summed E-state index contributed by atoms with van der Waals surface area (Å²) in [6.45, 7) is -0.713. The first-order valence-corrected chi connectivity index (χ1v) is 6.43. The average molecular weight is 363 g/mol. The first-order chi connectivity index (χ1) is 9.88. The van der Waals surface area contributed by atoms with E-state index in [1.807, 2.05) is 0 Å². The summed E-state index contributed by atoms with van der Waals surface area (Å²) in [7, 11) is 0. The van der Waals surface area contributed by atoms with Crippen molar-refractivity contribution in [1.29, 1.82) is 0 Å². The van der Waals surface area contributed by atoms with E-state index < -0.39 is 47.0 Å². The van der Waals surface area contributed by atoms with Gasteiger partial charge in [0.2, 0.25) is 11.6 Å². The average Bonchev–Trinajstić information content (AvgIpc) is 2.40. The van der Waals surface area contributed by atoms with Crippen molar-refractivity contribution in [2.24, 2.45) is 0 Å². The second-order valence-electron chi connectivity index (χ2n) is 4.04. The van der Waals surface area contributed by atoms with E-state index in [4.69, 9.17) is 4.74 Å². The standard InChI is InChI=1S/C14H7BrF4O2/c15-7-3-11(18)14(19)13(4-7)21-6-12(20)9-2-1-8(16)5-10(9)17/h1-5H,6H2. The molecule has 0 N–H and O–H groups in total. The van der Waals surface area contributed by atoms with Crippen LogP contribution in [-0.2, 0) is 0 Å². The van der Waals surface area contributed by atoms with Gasteiger partial charge in [-0.15, -0.1) is 0 Å². The molecule has 0 unspecified atom stereocenters. The van der Waals surface area contributed by atoms with Crippen molar-refractivity contribution in [3.8, 4) is 5.75 Å². The summed E-state index contributed by atoms with van der Waals surface area (Å²) >= 11 is 2.95. The third-order valence-corrected chi connectivity index (χ3v) is 3.01. The molecule has 0 saturated carbocycles. The number of carbonyl (C=O) groups is 1. The normalized spacial score (nSPS) is 10.5.